The lowest BCUT2D eigenvalue weighted by atomic mass is 10.2. The van der Waals surface area contributed by atoms with Crippen LogP contribution in [0.15, 0.2) is 78.1 Å². The first kappa shape index (κ1) is 20.5. The van der Waals surface area contributed by atoms with Crippen LogP contribution in [0.3, 0.4) is 0 Å². The quantitative estimate of drug-likeness (QED) is 0.472. The summed E-state index contributed by atoms with van der Waals surface area (Å²) in [5.41, 5.74) is 3.86. The van der Waals surface area contributed by atoms with Gasteiger partial charge in [0.05, 0.1) is 5.56 Å². The number of benzene rings is 2. The summed E-state index contributed by atoms with van der Waals surface area (Å²) >= 11 is 0. The van der Waals surface area contributed by atoms with E-state index in [4.69, 9.17) is 0 Å². The second kappa shape index (κ2) is 7.80. The molecule has 0 fully saturated rings. The maximum Gasteiger partial charge on any atom is 0.416 e. The van der Waals surface area contributed by atoms with Crippen LogP contribution >= 0.6 is 0 Å². The summed E-state index contributed by atoms with van der Waals surface area (Å²) in [5.74, 6) is 0. The van der Waals surface area contributed by atoms with Gasteiger partial charge in [0.15, 0.2) is 0 Å². The minimum atomic E-state index is -4.28. The van der Waals surface area contributed by atoms with Gasteiger partial charge in [-0.1, -0.05) is 115 Å². The van der Waals surface area contributed by atoms with Gasteiger partial charge in [0.25, 0.3) is 0 Å². The Bertz CT molecular complexity index is 771. The molecule has 2 aromatic carbocycles. The van der Waals surface area contributed by atoms with E-state index >= 15 is 0 Å². The average Bonchev–Trinajstić information content (AvgIpc) is 2.59. The maximum absolute atomic E-state index is 12.7. The molecule has 0 N–H and O–H groups in total. The summed E-state index contributed by atoms with van der Waals surface area (Å²) < 4.78 is 38.1. The second-order valence-corrected chi connectivity index (χ2v) is 16.3. The van der Waals surface area contributed by atoms with Crippen LogP contribution in [0.2, 0.25) is 26.2 Å². The normalized spacial score (nSPS) is 13.7. The van der Waals surface area contributed by atoms with E-state index in [9.17, 15) is 13.2 Å². The van der Waals surface area contributed by atoms with E-state index in [1.807, 2.05) is 6.07 Å². The molecule has 0 aliphatic rings. The highest BCUT2D eigenvalue weighted by Gasteiger charge is 2.31. The summed E-state index contributed by atoms with van der Waals surface area (Å²) in [5, 5.41) is 2.37. The van der Waals surface area contributed by atoms with Gasteiger partial charge in [-0.15, -0.1) is 0 Å². The van der Waals surface area contributed by atoms with Crippen LogP contribution in [0.25, 0.3) is 0 Å². The van der Waals surface area contributed by atoms with Crippen molar-refractivity contribution in [1.82, 2.24) is 0 Å². The van der Waals surface area contributed by atoms with Crippen molar-refractivity contribution in [2.45, 2.75) is 32.4 Å². The molecular weight excluding hydrogens is 365 g/mol. The number of allylic oxidation sites excluding steroid dienone is 2. The van der Waals surface area contributed by atoms with Crippen molar-refractivity contribution in [3.63, 3.8) is 0 Å². The Morgan fingerprint density at radius 3 is 1.50 bits per heavy atom. The molecule has 0 unspecified atom stereocenters. The predicted octanol–water partition coefficient (Wildman–Crippen LogP) is 5.43. The van der Waals surface area contributed by atoms with Crippen molar-refractivity contribution in [2.24, 2.45) is 0 Å². The summed E-state index contributed by atoms with van der Waals surface area (Å²) in [6.07, 6.45) is -0.129. The molecule has 0 spiro atoms. The Morgan fingerprint density at radius 2 is 1.08 bits per heavy atom. The summed E-state index contributed by atoms with van der Waals surface area (Å²) in [4.78, 5) is 0. The van der Waals surface area contributed by atoms with E-state index in [1.165, 1.54) is 17.3 Å². The lowest BCUT2D eigenvalue weighted by Crippen LogP contribution is -2.40. The van der Waals surface area contributed by atoms with E-state index in [0.29, 0.717) is 0 Å². The molecule has 0 aliphatic carbocycles. The molecule has 0 saturated carbocycles. The van der Waals surface area contributed by atoms with Gasteiger partial charge in [0, 0.05) is 0 Å². The van der Waals surface area contributed by atoms with Gasteiger partial charge in [0.2, 0.25) is 0 Å². The summed E-state index contributed by atoms with van der Waals surface area (Å²) in [7, 11) is -3.55. The Labute approximate surface area is 156 Å². The van der Waals surface area contributed by atoms with Gasteiger partial charge in [-0.25, -0.2) is 0 Å². The molecule has 0 nitrogen and oxygen atoms in total. The van der Waals surface area contributed by atoms with E-state index < -0.39 is 27.9 Å². The molecular formula is C21H25F3Si2. The van der Waals surface area contributed by atoms with Crippen molar-refractivity contribution in [2.75, 3.05) is 0 Å². The smallest absolute Gasteiger partial charge is 0.166 e. The van der Waals surface area contributed by atoms with Gasteiger partial charge in [-0.3, -0.25) is 0 Å². The first-order valence-corrected chi connectivity index (χ1v) is 14.8. The average molecular weight is 391 g/mol. The van der Waals surface area contributed by atoms with Crippen LogP contribution in [0.5, 0.6) is 0 Å². The predicted molar refractivity (Wildman–Crippen MR) is 110 cm³/mol. The molecule has 0 atom stereocenters. The van der Waals surface area contributed by atoms with Gasteiger partial charge in [-0.05, 0) is 0 Å². The highest BCUT2D eigenvalue weighted by atomic mass is 28.3. The van der Waals surface area contributed by atoms with E-state index in [0.717, 1.165) is 5.19 Å². The Kier molecular flexibility index (Phi) is 6.14. The van der Waals surface area contributed by atoms with Crippen molar-refractivity contribution in [1.29, 1.82) is 0 Å². The number of alkyl halides is 3. The number of halogens is 3. The zero-order valence-electron chi connectivity index (χ0n) is 15.6. The van der Waals surface area contributed by atoms with Crippen molar-refractivity contribution >= 4 is 26.5 Å². The molecule has 0 aromatic heterocycles. The topological polar surface area (TPSA) is 0 Å². The third-order valence-electron chi connectivity index (χ3n) is 4.61. The van der Waals surface area contributed by atoms with Crippen LogP contribution in [-0.2, 0) is 6.18 Å². The van der Waals surface area contributed by atoms with Crippen LogP contribution in [0, 0.1) is 0 Å². The standard InChI is InChI=1S/C21H25F3Si2/c1-25(2,19-10-6-5-7-11-19)16-8-9-17-26(3,4)20-14-12-18(13-15-20)21(22,23)24/h5-17H,1-4H3/b16-8-,17-9+. The minimum Gasteiger partial charge on any atom is -0.166 e. The minimum absolute atomic E-state index is 0.592. The highest BCUT2D eigenvalue weighted by Crippen LogP contribution is 2.28. The third-order valence-corrected chi connectivity index (χ3v) is 10.3. The molecule has 0 aliphatic heterocycles. The van der Waals surface area contributed by atoms with Gasteiger partial charge in [-0.2, -0.15) is 13.2 Å². The Morgan fingerprint density at radius 1 is 0.654 bits per heavy atom. The van der Waals surface area contributed by atoms with Crippen LogP contribution in [0.4, 0.5) is 13.2 Å². The SMILES string of the molecule is C[Si](C)(/C=C\C=C\[Si](C)(C)c1ccc(C(F)(F)F)cc1)c1ccccc1. The zero-order chi connectivity index (χ0) is 19.4. The largest absolute Gasteiger partial charge is 0.416 e. The first-order chi connectivity index (χ1) is 12.0. The number of hydrogen-bond donors (Lipinski definition) is 0. The molecule has 0 heterocycles. The fraction of sp³-hybridized carbons (Fsp3) is 0.238. The lowest BCUT2D eigenvalue weighted by Gasteiger charge is -2.19. The van der Waals surface area contributed by atoms with Crippen LogP contribution in [0.1, 0.15) is 5.56 Å². The number of rotatable bonds is 5. The van der Waals surface area contributed by atoms with Gasteiger partial charge in [0.1, 0.15) is 16.1 Å². The van der Waals surface area contributed by atoms with Crippen molar-refractivity contribution in [3.8, 4) is 0 Å². The second-order valence-electron chi connectivity index (χ2n) is 7.60. The molecule has 2 aromatic rings. The van der Waals surface area contributed by atoms with Crippen LogP contribution in [-0.4, -0.2) is 16.1 Å². The molecule has 26 heavy (non-hydrogen) atoms. The summed E-state index contributed by atoms with van der Waals surface area (Å²) in [6.45, 7) is 8.87. The van der Waals surface area contributed by atoms with E-state index in [2.05, 4.69) is 74.0 Å². The third kappa shape index (κ3) is 5.32. The van der Waals surface area contributed by atoms with E-state index in [-0.39, 0.29) is 0 Å². The first-order valence-electron chi connectivity index (χ1n) is 8.63. The van der Waals surface area contributed by atoms with Gasteiger partial charge < -0.3 is 0 Å². The fourth-order valence-electron chi connectivity index (χ4n) is 2.74. The molecule has 0 bridgehead atoms. The molecule has 2 rings (SSSR count). The Hall–Kier alpha value is -1.86. The molecule has 138 valence electrons. The van der Waals surface area contributed by atoms with Crippen molar-refractivity contribution in [3.05, 3.63) is 83.7 Å². The highest BCUT2D eigenvalue weighted by molar-refractivity contribution is 6.94. The van der Waals surface area contributed by atoms with Gasteiger partial charge >= 0.3 is 6.18 Å². The molecule has 0 saturated heterocycles. The fourth-order valence-corrected chi connectivity index (χ4v) is 6.39. The summed E-state index contributed by atoms with van der Waals surface area (Å²) in [6, 6.07) is 16.1. The molecule has 0 radical (unpaired) electrons. The Balaban J connectivity index is 2.11. The molecule has 5 heteroatoms. The van der Waals surface area contributed by atoms with E-state index in [1.54, 1.807) is 12.1 Å². The zero-order valence-corrected chi connectivity index (χ0v) is 17.6. The monoisotopic (exact) mass is 390 g/mol. The number of hydrogen-bond acceptors (Lipinski definition) is 0. The molecule has 0 amide bonds. The van der Waals surface area contributed by atoms with Crippen LogP contribution < -0.4 is 10.4 Å². The maximum atomic E-state index is 12.7. The lowest BCUT2D eigenvalue weighted by molar-refractivity contribution is -0.137. The van der Waals surface area contributed by atoms with Crippen molar-refractivity contribution < 1.29 is 13.2 Å².